The Morgan fingerprint density at radius 2 is 2.04 bits per heavy atom. The molecule has 1 N–H and O–H groups in total. The summed E-state index contributed by atoms with van der Waals surface area (Å²) in [6, 6.07) is 4.94. The van der Waals surface area contributed by atoms with Gasteiger partial charge in [-0.1, -0.05) is 11.9 Å². The average Bonchev–Trinajstić information content (AvgIpc) is 2.56. The van der Waals surface area contributed by atoms with Crippen molar-refractivity contribution in [3.8, 4) is 0 Å². The molecule has 0 saturated carbocycles. The summed E-state index contributed by atoms with van der Waals surface area (Å²) >= 11 is 1.71. The fourth-order valence-electron chi connectivity index (χ4n) is 3.45. The van der Waals surface area contributed by atoms with Crippen LogP contribution in [0.15, 0.2) is 18.5 Å². The molecule has 4 nitrogen and oxygen atoms in total. The van der Waals surface area contributed by atoms with Gasteiger partial charge in [0.2, 0.25) is 0 Å². The van der Waals surface area contributed by atoms with Crippen LogP contribution in [0.4, 0.5) is 5.82 Å². The topological polar surface area (TPSA) is 41.0 Å². The third-order valence-electron chi connectivity index (χ3n) is 5.00. The van der Waals surface area contributed by atoms with Crippen LogP contribution < -0.4 is 9.62 Å². The summed E-state index contributed by atoms with van der Waals surface area (Å²) in [7, 11) is 0. The van der Waals surface area contributed by atoms with Gasteiger partial charge in [0.15, 0.2) is 0 Å². The van der Waals surface area contributed by atoms with Crippen LogP contribution >= 0.6 is 11.9 Å². The zero-order valence-electron chi connectivity index (χ0n) is 14.5. The van der Waals surface area contributed by atoms with Crippen LogP contribution in [0.25, 0.3) is 10.9 Å². The van der Waals surface area contributed by atoms with Crippen LogP contribution in [-0.4, -0.2) is 35.4 Å². The molecule has 1 aromatic carbocycles. The molecule has 2 atom stereocenters. The van der Waals surface area contributed by atoms with E-state index >= 15 is 0 Å². The molecule has 0 radical (unpaired) electrons. The number of anilines is 1. The highest BCUT2D eigenvalue weighted by Gasteiger charge is 2.26. The molecule has 0 amide bonds. The number of benzene rings is 1. The summed E-state index contributed by atoms with van der Waals surface area (Å²) < 4.78 is 3.50. The number of hydrogen-bond acceptors (Lipinski definition) is 5. The van der Waals surface area contributed by atoms with Gasteiger partial charge < -0.3 is 4.90 Å². The Hall–Kier alpha value is -1.33. The van der Waals surface area contributed by atoms with Gasteiger partial charge >= 0.3 is 0 Å². The number of nitrogens with one attached hydrogen (secondary N) is 1. The lowest BCUT2D eigenvalue weighted by molar-refractivity contribution is 0.352. The van der Waals surface area contributed by atoms with E-state index in [4.69, 9.17) is 0 Å². The Morgan fingerprint density at radius 1 is 1.26 bits per heavy atom. The van der Waals surface area contributed by atoms with Crippen LogP contribution in [0, 0.1) is 19.8 Å². The fraction of sp³-hybridized carbons (Fsp3) is 0.556. The summed E-state index contributed by atoms with van der Waals surface area (Å²) in [5.74, 6) is 1.76. The molecule has 124 valence electrons. The van der Waals surface area contributed by atoms with Gasteiger partial charge in [-0.05, 0) is 69.0 Å². The van der Waals surface area contributed by atoms with Gasteiger partial charge in [0, 0.05) is 24.5 Å². The summed E-state index contributed by atoms with van der Waals surface area (Å²) in [6.45, 7) is 8.74. The minimum atomic E-state index is 0.518. The number of fused-ring (bicyclic) bond motifs is 1. The standard InChI is InChI=1S/C18H26N4S/c1-12-8-16-17(9-13(12)2)19-11-20-18(16)22-7-5-6-15(10-22)14(3)21-23-4/h8-9,11,14-15,21H,5-7,10H2,1-4H3. The first-order chi connectivity index (χ1) is 11.1. The van der Waals surface area contributed by atoms with Gasteiger partial charge in [-0.15, -0.1) is 0 Å². The van der Waals surface area contributed by atoms with Crippen molar-refractivity contribution in [3.63, 3.8) is 0 Å². The SMILES string of the molecule is CSNC(C)C1CCCN(c2ncnc3cc(C)c(C)cc23)C1. The van der Waals surface area contributed by atoms with Crippen molar-refractivity contribution >= 4 is 28.7 Å². The number of piperidine rings is 1. The highest BCUT2D eigenvalue weighted by molar-refractivity contribution is 7.96. The predicted octanol–water partition coefficient (Wildman–Crippen LogP) is 3.72. The third-order valence-corrected chi connectivity index (χ3v) is 5.61. The number of rotatable bonds is 4. The maximum absolute atomic E-state index is 4.63. The molecule has 1 aromatic heterocycles. The van der Waals surface area contributed by atoms with Crippen LogP contribution in [-0.2, 0) is 0 Å². The smallest absolute Gasteiger partial charge is 0.139 e. The van der Waals surface area contributed by atoms with Gasteiger partial charge in [0.1, 0.15) is 12.1 Å². The molecule has 2 unspecified atom stereocenters. The molecule has 0 spiro atoms. The molecule has 3 rings (SSSR count). The van der Waals surface area contributed by atoms with Crippen molar-refractivity contribution in [2.45, 2.75) is 39.7 Å². The van der Waals surface area contributed by atoms with E-state index in [1.54, 1.807) is 18.3 Å². The molecule has 1 fully saturated rings. The first-order valence-electron chi connectivity index (χ1n) is 8.35. The molecule has 1 saturated heterocycles. The number of nitrogens with zero attached hydrogens (tertiary/aromatic N) is 3. The van der Waals surface area contributed by atoms with Crippen molar-refractivity contribution in [3.05, 3.63) is 29.6 Å². The summed E-state index contributed by atoms with van der Waals surface area (Å²) in [4.78, 5) is 11.5. The van der Waals surface area contributed by atoms with E-state index in [-0.39, 0.29) is 0 Å². The Kier molecular flexibility index (Phi) is 5.07. The lowest BCUT2D eigenvalue weighted by Crippen LogP contribution is -2.43. The molecule has 5 heteroatoms. The van der Waals surface area contributed by atoms with Gasteiger partial charge in [-0.25, -0.2) is 9.97 Å². The summed E-state index contributed by atoms with van der Waals surface area (Å²) in [6.07, 6.45) is 6.31. The molecular weight excluding hydrogens is 304 g/mol. The van der Waals surface area contributed by atoms with Gasteiger partial charge in [0.05, 0.1) is 5.52 Å². The van der Waals surface area contributed by atoms with E-state index in [9.17, 15) is 0 Å². The van der Waals surface area contributed by atoms with E-state index < -0.39 is 0 Å². The van der Waals surface area contributed by atoms with Crippen LogP contribution in [0.3, 0.4) is 0 Å². The number of aryl methyl sites for hydroxylation is 2. The van der Waals surface area contributed by atoms with E-state index in [0.717, 1.165) is 24.4 Å². The second-order valence-corrected chi connectivity index (χ2v) is 7.25. The largest absolute Gasteiger partial charge is 0.356 e. The highest BCUT2D eigenvalue weighted by atomic mass is 32.2. The highest BCUT2D eigenvalue weighted by Crippen LogP contribution is 2.30. The molecule has 2 aromatic rings. The van der Waals surface area contributed by atoms with Crippen LogP contribution in [0.1, 0.15) is 30.9 Å². The zero-order chi connectivity index (χ0) is 16.4. The zero-order valence-corrected chi connectivity index (χ0v) is 15.3. The summed E-state index contributed by atoms with van der Waals surface area (Å²) in [5.41, 5.74) is 3.64. The average molecular weight is 331 g/mol. The second kappa shape index (κ2) is 7.05. The van der Waals surface area contributed by atoms with Crippen molar-refractivity contribution in [2.24, 2.45) is 5.92 Å². The van der Waals surface area contributed by atoms with Gasteiger partial charge in [-0.3, -0.25) is 4.72 Å². The monoisotopic (exact) mass is 330 g/mol. The molecule has 1 aliphatic heterocycles. The molecule has 1 aliphatic rings. The van der Waals surface area contributed by atoms with E-state index in [1.165, 1.54) is 29.4 Å². The van der Waals surface area contributed by atoms with Crippen molar-refractivity contribution in [2.75, 3.05) is 24.2 Å². The number of aromatic nitrogens is 2. The minimum Gasteiger partial charge on any atom is -0.356 e. The Bertz CT molecular complexity index is 688. The summed E-state index contributed by atoms with van der Waals surface area (Å²) in [5, 5.41) is 1.18. The van der Waals surface area contributed by atoms with Crippen molar-refractivity contribution in [1.29, 1.82) is 0 Å². The maximum atomic E-state index is 4.63. The van der Waals surface area contributed by atoms with Gasteiger partial charge in [0.25, 0.3) is 0 Å². The predicted molar refractivity (Wildman–Crippen MR) is 100 cm³/mol. The normalized spacial score (nSPS) is 20.0. The first kappa shape index (κ1) is 16.5. The molecular formula is C18H26N4S. The van der Waals surface area contributed by atoms with Gasteiger partial charge in [-0.2, -0.15) is 0 Å². The van der Waals surface area contributed by atoms with Crippen molar-refractivity contribution in [1.82, 2.24) is 14.7 Å². The second-order valence-electron chi connectivity index (χ2n) is 6.61. The Labute approximate surface area is 143 Å². The van der Waals surface area contributed by atoms with Crippen LogP contribution in [0.5, 0.6) is 0 Å². The van der Waals surface area contributed by atoms with E-state index in [2.05, 4.69) is 58.7 Å². The fourth-order valence-corrected chi connectivity index (χ4v) is 4.01. The Morgan fingerprint density at radius 3 is 2.83 bits per heavy atom. The molecule has 0 bridgehead atoms. The molecule has 23 heavy (non-hydrogen) atoms. The maximum Gasteiger partial charge on any atom is 0.139 e. The first-order valence-corrected chi connectivity index (χ1v) is 9.58. The van der Waals surface area contributed by atoms with Crippen molar-refractivity contribution < 1.29 is 0 Å². The molecule has 0 aliphatic carbocycles. The number of hydrogen-bond donors (Lipinski definition) is 1. The minimum absolute atomic E-state index is 0.518. The third kappa shape index (κ3) is 3.45. The quantitative estimate of drug-likeness (QED) is 0.865. The van der Waals surface area contributed by atoms with Crippen LogP contribution in [0.2, 0.25) is 0 Å². The molecule has 2 heterocycles. The lowest BCUT2D eigenvalue weighted by Gasteiger charge is -2.36. The van der Waals surface area contributed by atoms with E-state index in [1.807, 2.05) is 0 Å². The Balaban J connectivity index is 1.91. The lowest BCUT2D eigenvalue weighted by atomic mass is 9.92. The van der Waals surface area contributed by atoms with E-state index in [0.29, 0.717) is 12.0 Å².